The Labute approximate surface area is 123 Å². The number of hydroxylamine groups is 2. The molecule has 0 saturated carbocycles. The highest BCUT2D eigenvalue weighted by molar-refractivity contribution is 7.71. The molecule has 0 atom stereocenters. The number of hydrogen-bond donors (Lipinski definition) is 0. The van der Waals surface area contributed by atoms with Gasteiger partial charge in [-0.3, -0.25) is 0 Å². The average Bonchev–Trinajstić information content (AvgIpc) is 2.69. The van der Waals surface area contributed by atoms with Gasteiger partial charge in [0.1, 0.15) is 6.67 Å². The minimum Gasteiger partial charge on any atom is -0.409 e. The third-order valence-electron chi connectivity index (χ3n) is 3.14. The Morgan fingerprint density at radius 2 is 1.90 bits per heavy atom. The van der Waals surface area contributed by atoms with Crippen LogP contribution in [0.15, 0.2) is 16.5 Å². The third-order valence-corrected chi connectivity index (χ3v) is 3.44. The first-order chi connectivity index (χ1) is 9.42. The van der Waals surface area contributed by atoms with E-state index in [2.05, 4.69) is 24.2 Å². The van der Waals surface area contributed by atoms with Crippen molar-refractivity contribution in [1.82, 2.24) is 14.8 Å². The van der Waals surface area contributed by atoms with E-state index in [1.54, 1.807) is 23.9 Å². The second kappa shape index (κ2) is 5.87. The number of hydrogen-bond acceptors (Lipinski definition) is 5. The quantitative estimate of drug-likeness (QED) is 0.639. The van der Waals surface area contributed by atoms with Gasteiger partial charge in [0.05, 0.1) is 7.11 Å². The molecule has 2 aromatic rings. The Balaban J connectivity index is 2.45. The summed E-state index contributed by atoms with van der Waals surface area (Å²) in [4.78, 5) is 5.41. The maximum Gasteiger partial charge on any atom is 0.288 e. The summed E-state index contributed by atoms with van der Waals surface area (Å²) in [5.74, 6) is 0.550. The van der Waals surface area contributed by atoms with Gasteiger partial charge in [-0.05, 0) is 44.1 Å². The fourth-order valence-electron chi connectivity index (χ4n) is 2.26. The molecule has 0 N–H and O–H groups in total. The SMILES string of the molecule is CON(C)Cn1nc(-c2c(C)cc(C)cc2C)oc1=S. The topological polar surface area (TPSA) is 43.4 Å². The van der Waals surface area contributed by atoms with Gasteiger partial charge in [-0.1, -0.05) is 17.7 Å². The fraction of sp³-hybridized carbons (Fsp3) is 0.429. The third kappa shape index (κ3) is 2.98. The highest BCUT2D eigenvalue weighted by atomic mass is 32.1. The molecule has 1 aromatic heterocycles. The van der Waals surface area contributed by atoms with Crippen LogP contribution in [0.4, 0.5) is 0 Å². The van der Waals surface area contributed by atoms with Gasteiger partial charge < -0.3 is 9.25 Å². The largest absolute Gasteiger partial charge is 0.409 e. The van der Waals surface area contributed by atoms with Gasteiger partial charge in [0.15, 0.2) is 0 Å². The minimum atomic E-state index is 0.336. The van der Waals surface area contributed by atoms with E-state index in [1.807, 2.05) is 13.8 Å². The Morgan fingerprint density at radius 3 is 2.45 bits per heavy atom. The van der Waals surface area contributed by atoms with Crippen LogP contribution in [0.5, 0.6) is 0 Å². The van der Waals surface area contributed by atoms with E-state index in [9.17, 15) is 0 Å². The van der Waals surface area contributed by atoms with Crippen molar-refractivity contribution in [1.29, 1.82) is 0 Å². The van der Waals surface area contributed by atoms with Crippen LogP contribution in [0, 0.1) is 25.6 Å². The Kier molecular flexibility index (Phi) is 4.37. The molecule has 0 radical (unpaired) electrons. The summed E-state index contributed by atoms with van der Waals surface area (Å²) in [5, 5.41) is 6.07. The lowest BCUT2D eigenvalue weighted by Gasteiger charge is -2.11. The summed E-state index contributed by atoms with van der Waals surface area (Å²) in [6.45, 7) is 6.59. The predicted molar refractivity (Wildman–Crippen MR) is 79.7 cm³/mol. The maximum absolute atomic E-state index is 5.63. The van der Waals surface area contributed by atoms with Gasteiger partial charge in [-0.2, -0.15) is 5.06 Å². The summed E-state index contributed by atoms with van der Waals surface area (Å²) in [5.41, 5.74) is 4.48. The molecule has 6 heteroatoms. The van der Waals surface area contributed by atoms with E-state index in [4.69, 9.17) is 21.5 Å². The number of nitrogens with zero attached hydrogens (tertiary/aromatic N) is 3. The zero-order valence-electron chi connectivity index (χ0n) is 12.4. The van der Waals surface area contributed by atoms with Crippen LogP contribution in [0.3, 0.4) is 0 Å². The molecule has 5 nitrogen and oxygen atoms in total. The lowest BCUT2D eigenvalue weighted by molar-refractivity contribution is -0.134. The van der Waals surface area contributed by atoms with Crippen LogP contribution in [-0.2, 0) is 11.5 Å². The van der Waals surface area contributed by atoms with Crippen molar-refractivity contribution in [2.24, 2.45) is 0 Å². The highest BCUT2D eigenvalue weighted by Crippen LogP contribution is 2.27. The molecule has 0 amide bonds. The molecule has 108 valence electrons. The molecule has 1 heterocycles. The molecule has 2 rings (SSSR count). The van der Waals surface area contributed by atoms with Gasteiger partial charge in [-0.25, -0.2) is 4.68 Å². The van der Waals surface area contributed by atoms with Crippen molar-refractivity contribution in [2.75, 3.05) is 14.2 Å². The van der Waals surface area contributed by atoms with Crippen LogP contribution < -0.4 is 0 Å². The van der Waals surface area contributed by atoms with Crippen LogP contribution in [0.2, 0.25) is 0 Å². The monoisotopic (exact) mass is 293 g/mol. The van der Waals surface area contributed by atoms with Gasteiger partial charge in [0.25, 0.3) is 4.84 Å². The van der Waals surface area contributed by atoms with Crippen LogP contribution in [0.25, 0.3) is 11.5 Å². The van der Waals surface area contributed by atoms with Crippen molar-refractivity contribution in [3.8, 4) is 11.5 Å². The summed E-state index contributed by atoms with van der Waals surface area (Å²) in [7, 11) is 3.40. The summed E-state index contributed by atoms with van der Waals surface area (Å²) in [6, 6.07) is 4.22. The van der Waals surface area contributed by atoms with E-state index in [1.165, 1.54) is 5.56 Å². The zero-order chi connectivity index (χ0) is 14.9. The van der Waals surface area contributed by atoms with Gasteiger partial charge >= 0.3 is 0 Å². The Bertz CT molecular complexity index is 652. The average molecular weight is 293 g/mol. The number of aryl methyl sites for hydroxylation is 3. The normalized spacial score (nSPS) is 11.3. The van der Waals surface area contributed by atoms with Crippen LogP contribution in [0.1, 0.15) is 16.7 Å². The van der Waals surface area contributed by atoms with E-state index >= 15 is 0 Å². The smallest absolute Gasteiger partial charge is 0.288 e. The highest BCUT2D eigenvalue weighted by Gasteiger charge is 2.14. The number of aromatic nitrogens is 2. The van der Waals surface area contributed by atoms with E-state index in [0.717, 1.165) is 16.7 Å². The van der Waals surface area contributed by atoms with Crippen LogP contribution in [-0.4, -0.2) is 29.0 Å². The minimum absolute atomic E-state index is 0.336. The molecule has 0 spiro atoms. The molecule has 0 unspecified atom stereocenters. The first-order valence-electron chi connectivity index (χ1n) is 6.33. The summed E-state index contributed by atoms with van der Waals surface area (Å²) < 4.78 is 7.24. The maximum atomic E-state index is 5.63. The van der Waals surface area contributed by atoms with Crippen molar-refractivity contribution >= 4 is 12.2 Å². The standard InChI is InChI=1S/C14H19N3O2S/c1-9-6-10(2)12(11(3)7-9)13-15-17(14(20)19-13)8-16(4)18-5/h6-7H,8H2,1-5H3. The van der Waals surface area contributed by atoms with Crippen LogP contribution >= 0.6 is 12.2 Å². The van der Waals surface area contributed by atoms with Crippen molar-refractivity contribution in [3.05, 3.63) is 33.7 Å². The fourth-order valence-corrected chi connectivity index (χ4v) is 2.44. The molecule has 20 heavy (non-hydrogen) atoms. The number of rotatable bonds is 4. The second-order valence-corrected chi connectivity index (χ2v) is 5.25. The molecule has 1 aromatic carbocycles. The molecule has 0 aliphatic carbocycles. The summed E-state index contributed by atoms with van der Waals surface area (Å²) >= 11 is 5.20. The molecule has 0 saturated heterocycles. The molecule has 0 bridgehead atoms. The van der Waals surface area contributed by atoms with E-state index < -0.39 is 0 Å². The predicted octanol–water partition coefficient (Wildman–Crippen LogP) is 3.25. The number of benzene rings is 1. The van der Waals surface area contributed by atoms with E-state index in [-0.39, 0.29) is 0 Å². The van der Waals surface area contributed by atoms with Gasteiger partial charge in [0, 0.05) is 12.6 Å². The molecule has 0 aliphatic rings. The van der Waals surface area contributed by atoms with Gasteiger partial charge in [0.2, 0.25) is 5.89 Å². The van der Waals surface area contributed by atoms with Crippen molar-refractivity contribution in [2.45, 2.75) is 27.4 Å². The molecule has 0 aliphatic heterocycles. The lowest BCUT2D eigenvalue weighted by Crippen LogP contribution is -2.21. The van der Waals surface area contributed by atoms with Crippen molar-refractivity contribution < 1.29 is 9.25 Å². The van der Waals surface area contributed by atoms with E-state index in [0.29, 0.717) is 17.4 Å². The zero-order valence-corrected chi connectivity index (χ0v) is 13.2. The van der Waals surface area contributed by atoms with Gasteiger partial charge in [-0.15, -0.1) is 5.10 Å². The molecular weight excluding hydrogens is 274 g/mol. The Morgan fingerprint density at radius 1 is 1.30 bits per heavy atom. The molecular formula is C14H19N3O2S. The molecule has 0 fully saturated rings. The van der Waals surface area contributed by atoms with Crippen molar-refractivity contribution in [3.63, 3.8) is 0 Å². The second-order valence-electron chi connectivity index (χ2n) is 4.90. The Hall–Kier alpha value is -1.50. The lowest BCUT2D eigenvalue weighted by atomic mass is 10.00. The first-order valence-corrected chi connectivity index (χ1v) is 6.74. The first kappa shape index (κ1) is 14.9. The summed E-state index contributed by atoms with van der Waals surface area (Å²) in [6.07, 6.45) is 0.